The summed E-state index contributed by atoms with van der Waals surface area (Å²) in [5, 5.41) is 3.36. The van der Waals surface area contributed by atoms with Crippen molar-refractivity contribution in [1.82, 2.24) is 4.98 Å². The number of halogens is 1. The molecule has 0 atom stereocenters. The summed E-state index contributed by atoms with van der Waals surface area (Å²) in [7, 11) is 0. The Balaban J connectivity index is 2.21. The lowest BCUT2D eigenvalue weighted by atomic mass is 10.2. The highest BCUT2D eigenvalue weighted by molar-refractivity contribution is 9.10. The molecule has 1 rings (SSSR count). The molecule has 0 radical (unpaired) electrons. The minimum Gasteiger partial charge on any atom is -0.383 e. The van der Waals surface area contributed by atoms with E-state index in [2.05, 4.69) is 33.2 Å². The van der Waals surface area contributed by atoms with Crippen LogP contribution in [0.5, 0.6) is 0 Å². The van der Waals surface area contributed by atoms with Gasteiger partial charge in [-0.25, -0.2) is 4.98 Å². The van der Waals surface area contributed by atoms with Gasteiger partial charge >= 0.3 is 0 Å². The maximum absolute atomic E-state index is 4.15. The normalized spacial score (nSPS) is 10.1. The number of pyridine rings is 1. The van der Waals surface area contributed by atoms with Crippen LogP contribution in [0, 0.1) is 0 Å². The quantitative estimate of drug-likeness (QED) is 0.618. The summed E-state index contributed by atoms with van der Waals surface area (Å²) < 4.78 is 0.899. The second-order valence-corrected chi connectivity index (χ2v) is 4.08. The van der Waals surface area contributed by atoms with E-state index in [4.69, 9.17) is 0 Å². The van der Waals surface area contributed by atoms with Crippen LogP contribution in [-0.4, -0.2) is 11.5 Å². The lowest BCUT2D eigenvalue weighted by molar-refractivity contribution is 0.685. The molecule has 1 N–H and O–H groups in total. The lowest BCUT2D eigenvalue weighted by Crippen LogP contribution is -2.02. The van der Waals surface area contributed by atoms with E-state index in [1.54, 1.807) is 6.20 Å². The van der Waals surface area contributed by atoms with Crippen molar-refractivity contribution in [2.75, 3.05) is 11.9 Å². The summed E-state index contributed by atoms with van der Waals surface area (Å²) in [6.07, 6.45) is 6.94. The molecule has 0 aliphatic carbocycles. The van der Waals surface area contributed by atoms with Crippen molar-refractivity contribution >= 4 is 21.6 Å². The van der Waals surface area contributed by atoms with Crippen molar-refractivity contribution < 1.29 is 0 Å². The first-order chi connectivity index (χ1) is 6.84. The maximum Gasteiger partial charge on any atom is 0.129 e. The Morgan fingerprint density at radius 3 is 2.93 bits per heavy atom. The van der Waals surface area contributed by atoms with Gasteiger partial charge in [-0.1, -0.05) is 26.2 Å². The molecule has 1 aromatic rings. The zero-order chi connectivity index (χ0) is 10.2. The topological polar surface area (TPSA) is 24.9 Å². The first kappa shape index (κ1) is 11.5. The van der Waals surface area contributed by atoms with E-state index in [1.807, 2.05) is 12.1 Å². The molecule has 0 spiro atoms. The molecule has 0 saturated carbocycles. The van der Waals surface area contributed by atoms with Gasteiger partial charge in [-0.2, -0.15) is 0 Å². The van der Waals surface area contributed by atoms with Crippen molar-refractivity contribution in [3.63, 3.8) is 0 Å². The van der Waals surface area contributed by atoms with Gasteiger partial charge in [0.25, 0.3) is 0 Å². The zero-order valence-corrected chi connectivity index (χ0v) is 10.2. The molecule has 2 nitrogen and oxygen atoms in total. The SMILES string of the molecule is CCCCCCNc1cccnc1Br. The van der Waals surface area contributed by atoms with Gasteiger partial charge in [0.1, 0.15) is 4.60 Å². The third-order valence-corrected chi connectivity index (χ3v) is 2.74. The Morgan fingerprint density at radius 2 is 2.21 bits per heavy atom. The summed E-state index contributed by atoms with van der Waals surface area (Å²) in [5.41, 5.74) is 1.09. The Kier molecular flexibility index (Phi) is 5.60. The van der Waals surface area contributed by atoms with Gasteiger partial charge in [0.05, 0.1) is 5.69 Å². The fourth-order valence-corrected chi connectivity index (χ4v) is 1.68. The lowest BCUT2D eigenvalue weighted by Gasteiger charge is -2.06. The van der Waals surface area contributed by atoms with Gasteiger partial charge < -0.3 is 5.32 Å². The van der Waals surface area contributed by atoms with E-state index < -0.39 is 0 Å². The average Bonchev–Trinajstić information content (AvgIpc) is 2.20. The highest BCUT2D eigenvalue weighted by atomic mass is 79.9. The first-order valence-corrected chi connectivity index (χ1v) is 5.98. The third kappa shape index (κ3) is 4.09. The van der Waals surface area contributed by atoms with E-state index in [-0.39, 0.29) is 0 Å². The smallest absolute Gasteiger partial charge is 0.129 e. The van der Waals surface area contributed by atoms with Gasteiger partial charge in [0.15, 0.2) is 0 Å². The third-order valence-electron chi connectivity index (χ3n) is 2.10. The van der Waals surface area contributed by atoms with Crippen LogP contribution in [0.15, 0.2) is 22.9 Å². The predicted molar refractivity (Wildman–Crippen MR) is 64.6 cm³/mol. The number of nitrogens with zero attached hydrogens (tertiary/aromatic N) is 1. The monoisotopic (exact) mass is 256 g/mol. The van der Waals surface area contributed by atoms with Gasteiger partial charge in [-0.3, -0.25) is 0 Å². The van der Waals surface area contributed by atoms with Crippen LogP contribution in [0.25, 0.3) is 0 Å². The van der Waals surface area contributed by atoms with E-state index >= 15 is 0 Å². The highest BCUT2D eigenvalue weighted by Crippen LogP contribution is 2.18. The molecule has 0 fully saturated rings. The molecule has 1 aromatic heterocycles. The van der Waals surface area contributed by atoms with Gasteiger partial charge in [0.2, 0.25) is 0 Å². The van der Waals surface area contributed by atoms with Crippen LogP contribution in [0.2, 0.25) is 0 Å². The number of aromatic nitrogens is 1. The molecular weight excluding hydrogens is 240 g/mol. The molecule has 0 unspecified atom stereocenters. The van der Waals surface area contributed by atoms with Crippen LogP contribution in [0.4, 0.5) is 5.69 Å². The Hall–Kier alpha value is -0.570. The van der Waals surface area contributed by atoms with Crippen molar-refractivity contribution in [3.05, 3.63) is 22.9 Å². The molecule has 3 heteroatoms. The van der Waals surface area contributed by atoms with Crippen molar-refractivity contribution in [2.45, 2.75) is 32.6 Å². The summed E-state index contributed by atoms with van der Waals surface area (Å²) in [6.45, 7) is 3.26. The van der Waals surface area contributed by atoms with Crippen LogP contribution in [0.3, 0.4) is 0 Å². The number of unbranched alkanes of at least 4 members (excludes halogenated alkanes) is 3. The van der Waals surface area contributed by atoms with Crippen LogP contribution in [-0.2, 0) is 0 Å². The molecule has 1 heterocycles. The van der Waals surface area contributed by atoms with E-state index in [1.165, 1.54) is 25.7 Å². The Morgan fingerprint density at radius 1 is 1.36 bits per heavy atom. The molecule has 78 valence electrons. The second kappa shape index (κ2) is 6.82. The van der Waals surface area contributed by atoms with Gasteiger partial charge in [-0.15, -0.1) is 0 Å². The standard InChI is InChI=1S/C11H17BrN2/c1-2-3-4-5-8-13-10-7-6-9-14-11(10)12/h6-7,9,13H,2-5,8H2,1H3. The molecule has 0 aliphatic heterocycles. The first-order valence-electron chi connectivity index (χ1n) is 5.19. The summed E-state index contributed by atoms with van der Waals surface area (Å²) in [4.78, 5) is 4.15. The zero-order valence-electron chi connectivity index (χ0n) is 8.59. The van der Waals surface area contributed by atoms with Crippen LogP contribution >= 0.6 is 15.9 Å². The molecule has 0 bridgehead atoms. The van der Waals surface area contributed by atoms with Crippen molar-refractivity contribution in [1.29, 1.82) is 0 Å². The summed E-state index contributed by atoms with van der Waals surface area (Å²) >= 11 is 3.41. The second-order valence-electron chi connectivity index (χ2n) is 3.33. The largest absolute Gasteiger partial charge is 0.383 e. The molecule has 0 aromatic carbocycles. The van der Waals surface area contributed by atoms with Crippen molar-refractivity contribution in [2.24, 2.45) is 0 Å². The fraction of sp³-hybridized carbons (Fsp3) is 0.545. The number of rotatable bonds is 6. The molecule has 0 saturated heterocycles. The maximum atomic E-state index is 4.15. The van der Waals surface area contributed by atoms with Crippen LogP contribution in [0.1, 0.15) is 32.6 Å². The van der Waals surface area contributed by atoms with Gasteiger partial charge in [-0.05, 0) is 34.5 Å². The Labute approximate surface area is 94.3 Å². The minimum absolute atomic E-state index is 0.899. The molecule has 0 aliphatic rings. The summed E-state index contributed by atoms with van der Waals surface area (Å²) in [6, 6.07) is 3.98. The fourth-order valence-electron chi connectivity index (χ4n) is 1.29. The minimum atomic E-state index is 0.899. The molecule has 14 heavy (non-hydrogen) atoms. The molecule has 0 amide bonds. The molecular formula is C11H17BrN2. The van der Waals surface area contributed by atoms with E-state index in [0.717, 1.165) is 16.8 Å². The Bertz CT molecular complexity index is 263. The predicted octanol–water partition coefficient (Wildman–Crippen LogP) is 3.84. The number of hydrogen-bond donors (Lipinski definition) is 1. The summed E-state index contributed by atoms with van der Waals surface area (Å²) in [5.74, 6) is 0. The van der Waals surface area contributed by atoms with Crippen LogP contribution < -0.4 is 5.32 Å². The highest BCUT2D eigenvalue weighted by Gasteiger charge is 1.97. The number of nitrogens with one attached hydrogen (secondary N) is 1. The van der Waals surface area contributed by atoms with Crippen molar-refractivity contribution in [3.8, 4) is 0 Å². The van der Waals surface area contributed by atoms with Gasteiger partial charge in [0, 0.05) is 12.7 Å². The average molecular weight is 257 g/mol. The number of anilines is 1. The number of hydrogen-bond acceptors (Lipinski definition) is 2. The van der Waals surface area contributed by atoms with E-state index in [0.29, 0.717) is 0 Å². The van der Waals surface area contributed by atoms with E-state index in [9.17, 15) is 0 Å².